The van der Waals surface area contributed by atoms with E-state index in [4.69, 9.17) is 11.5 Å². The van der Waals surface area contributed by atoms with Crippen LogP contribution < -0.4 is 21.7 Å². The van der Waals surface area contributed by atoms with Crippen LogP contribution in [0.2, 0.25) is 0 Å². The van der Waals surface area contributed by atoms with Gasteiger partial charge in [-0.25, -0.2) is 9.37 Å². The van der Waals surface area contributed by atoms with Crippen molar-refractivity contribution in [1.82, 2.24) is 14.8 Å². The van der Waals surface area contributed by atoms with E-state index in [0.717, 1.165) is 43.7 Å². The first-order chi connectivity index (χ1) is 15.8. The van der Waals surface area contributed by atoms with E-state index in [1.165, 1.54) is 17.4 Å². The van der Waals surface area contributed by atoms with Crippen molar-refractivity contribution in [2.24, 2.45) is 12.8 Å². The van der Waals surface area contributed by atoms with Gasteiger partial charge in [0, 0.05) is 53.9 Å². The SMILES string of the molecule is CC(C)c1c(F)c(NC(=O)c2cscn2)cc(N)c1-c1cnn(C)c1N1CCC[C@@H](N)CC1. The van der Waals surface area contributed by atoms with E-state index in [1.807, 2.05) is 25.6 Å². The summed E-state index contributed by atoms with van der Waals surface area (Å²) in [5.74, 6) is -0.245. The van der Waals surface area contributed by atoms with E-state index in [2.05, 4.69) is 20.3 Å². The third-order valence-corrected chi connectivity index (χ3v) is 6.66. The van der Waals surface area contributed by atoms with E-state index < -0.39 is 11.7 Å². The van der Waals surface area contributed by atoms with Gasteiger partial charge in [0.1, 0.15) is 11.5 Å². The number of anilines is 3. The quantitative estimate of drug-likeness (QED) is 0.485. The normalized spacial score (nSPS) is 16.8. The zero-order valence-electron chi connectivity index (χ0n) is 19.1. The molecule has 1 amide bonds. The smallest absolute Gasteiger partial charge is 0.275 e. The highest BCUT2D eigenvalue weighted by molar-refractivity contribution is 7.07. The molecule has 0 bridgehead atoms. The zero-order valence-corrected chi connectivity index (χ0v) is 20.0. The van der Waals surface area contributed by atoms with Gasteiger partial charge < -0.3 is 21.7 Å². The summed E-state index contributed by atoms with van der Waals surface area (Å²) in [4.78, 5) is 18.7. The number of aromatic nitrogens is 3. The van der Waals surface area contributed by atoms with E-state index in [-0.39, 0.29) is 23.3 Å². The Labute approximate surface area is 196 Å². The molecule has 0 aliphatic carbocycles. The Morgan fingerprint density at radius 1 is 1.33 bits per heavy atom. The summed E-state index contributed by atoms with van der Waals surface area (Å²) in [6.07, 6.45) is 4.58. The molecule has 0 unspecified atom stereocenters. The first kappa shape index (κ1) is 23.2. The summed E-state index contributed by atoms with van der Waals surface area (Å²) in [6, 6.07) is 1.66. The highest BCUT2D eigenvalue weighted by Crippen LogP contribution is 2.43. The predicted molar refractivity (Wildman–Crippen MR) is 131 cm³/mol. The fraction of sp³-hybridized carbons (Fsp3) is 0.435. The number of amides is 1. The molecule has 10 heteroatoms. The second-order valence-corrected chi connectivity index (χ2v) is 9.50. The lowest BCUT2D eigenvalue weighted by atomic mass is 9.90. The largest absolute Gasteiger partial charge is 0.398 e. The highest BCUT2D eigenvalue weighted by Gasteiger charge is 2.28. The number of hydrogen-bond acceptors (Lipinski definition) is 7. The molecule has 3 heterocycles. The van der Waals surface area contributed by atoms with Crippen LogP contribution in [-0.4, -0.2) is 39.8 Å². The summed E-state index contributed by atoms with van der Waals surface area (Å²) in [6.45, 7) is 5.47. The van der Waals surface area contributed by atoms with Gasteiger partial charge in [-0.05, 0) is 31.2 Å². The molecule has 1 aromatic carbocycles. The third kappa shape index (κ3) is 4.58. The van der Waals surface area contributed by atoms with Gasteiger partial charge in [0.05, 0.1) is 17.4 Å². The molecule has 4 rings (SSSR count). The Hall–Kier alpha value is -2.98. The van der Waals surface area contributed by atoms with Crippen molar-refractivity contribution in [2.45, 2.75) is 45.1 Å². The number of thiazole rings is 1. The zero-order chi connectivity index (χ0) is 23.7. The lowest BCUT2D eigenvalue weighted by Gasteiger charge is -2.26. The second kappa shape index (κ2) is 9.48. The van der Waals surface area contributed by atoms with Gasteiger partial charge in [-0.2, -0.15) is 5.10 Å². The van der Waals surface area contributed by atoms with Gasteiger partial charge in [0.2, 0.25) is 0 Å². The van der Waals surface area contributed by atoms with Crippen LogP contribution in [0, 0.1) is 5.82 Å². The molecular formula is C23H30FN7OS. The maximum Gasteiger partial charge on any atom is 0.275 e. The van der Waals surface area contributed by atoms with Crippen molar-refractivity contribution in [2.75, 3.05) is 29.0 Å². The number of nitrogen functional groups attached to an aromatic ring is 1. The molecule has 1 fully saturated rings. The van der Waals surface area contributed by atoms with Crippen molar-refractivity contribution in [3.05, 3.63) is 40.2 Å². The summed E-state index contributed by atoms with van der Waals surface area (Å²) < 4.78 is 17.6. The van der Waals surface area contributed by atoms with Gasteiger partial charge in [-0.1, -0.05) is 13.8 Å². The molecule has 33 heavy (non-hydrogen) atoms. The van der Waals surface area contributed by atoms with Crippen molar-refractivity contribution < 1.29 is 9.18 Å². The number of nitrogens with zero attached hydrogens (tertiary/aromatic N) is 4. The molecule has 0 saturated carbocycles. The molecule has 1 atom stereocenters. The number of nitrogens with one attached hydrogen (secondary N) is 1. The summed E-state index contributed by atoms with van der Waals surface area (Å²) >= 11 is 1.30. The first-order valence-corrected chi connectivity index (χ1v) is 12.1. The van der Waals surface area contributed by atoms with E-state index in [1.54, 1.807) is 17.1 Å². The standard InChI is InChI=1S/C23H30FN7OS/c1-13(2)19-20(15-10-28-30(3)23(15)31-7-4-5-14(25)6-8-31)16(26)9-17(21(19)24)29-22(32)18-11-33-12-27-18/h9-14H,4-8,25-26H2,1-3H3,(H,29,32)/t14-/m1/s1. The minimum atomic E-state index is -0.495. The Balaban J connectivity index is 1.79. The predicted octanol–water partition coefficient (Wildman–Crippen LogP) is 3.96. The van der Waals surface area contributed by atoms with Gasteiger partial charge in [-0.3, -0.25) is 9.48 Å². The molecule has 0 radical (unpaired) electrons. The maximum atomic E-state index is 15.8. The van der Waals surface area contributed by atoms with Crippen LogP contribution >= 0.6 is 11.3 Å². The Morgan fingerprint density at radius 3 is 2.82 bits per heavy atom. The molecule has 176 valence electrons. The fourth-order valence-electron chi connectivity index (χ4n) is 4.46. The minimum Gasteiger partial charge on any atom is -0.398 e. The van der Waals surface area contributed by atoms with E-state index >= 15 is 4.39 Å². The average Bonchev–Trinajstić information content (AvgIpc) is 3.38. The number of aryl methyl sites for hydroxylation is 1. The average molecular weight is 472 g/mol. The van der Waals surface area contributed by atoms with Crippen LogP contribution in [0.15, 0.2) is 23.2 Å². The van der Waals surface area contributed by atoms with Crippen molar-refractivity contribution in [1.29, 1.82) is 0 Å². The summed E-state index contributed by atoms with van der Waals surface area (Å²) in [5.41, 5.74) is 16.8. The maximum absolute atomic E-state index is 15.8. The van der Waals surface area contributed by atoms with Crippen LogP contribution in [-0.2, 0) is 7.05 Å². The Bertz CT molecular complexity index is 1140. The summed E-state index contributed by atoms with van der Waals surface area (Å²) in [7, 11) is 1.88. The Kier molecular flexibility index (Phi) is 6.66. The first-order valence-electron chi connectivity index (χ1n) is 11.1. The second-order valence-electron chi connectivity index (χ2n) is 8.78. The van der Waals surface area contributed by atoms with Crippen molar-refractivity contribution in [3.8, 4) is 11.1 Å². The summed E-state index contributed by atoms with van der Waals surface area (Å²) in [5, 5.41) is 8.73. The highest BCUT2D eigenvalue weighted by atomic mass is 32.1. The van der Waals surface area contributed by atoms with E-state index in [0.29, 0.717) is 16.8 Å². The van der Waals surface area contributed by atoms with Crippen molar-refractivity contribution >= 4 is 34.4 Å². The van der Waals surface area contributed by atoms with Gasteiger partial charge >= 0.3 is 0 Å². The van der Waals surface area contributed by atoms with Crippen LogP contribution in [0.1, 0.15) is 55.1 Å². The molecule has 0 spiro atoms. The van der Waals surface area contributed by atoms with Crippen LogP contribution in [0.5, 0.6) is 0 Å². The fourth-order valence-corrected chi connectivity index (χ4v) is 4.99. The monoisotopic (exact) mass is 471 g/mol. The number of hydrogen-bond donors (Lipinski definition) is 3. The number of benzene rings is 1. The number of halogens is 1. The van der Waals surface area contributed by atoms with Gasteiger partial charge in [0.25, 0.3) is 5.91 Å². The molecule has 1 saturated heterocycles. The lowest BCUT2D eigenvalue weighted by molar-refractivity contribution is 0.102. The van der Waals surface area contributed by atoms with Crippen LogP contribution in [0.3, 0.4) is 0 Å². The van der Waals surface area contributed by atoms with Crippen molar-refractivity contribution in [3.63, 3.8) is 0 Å². The lowest BCUT2D eigenvalue weighted by Crippen LogP contribution is -2.28. The number of carbonyl (C=O) groups excluding carboxylic acids is 1. The molecule has 1 aliphatic heterocycles. The molecule has 2 aromatic heterocycles. The minimum absolute atomic E-state index is 0.0455. The Morgan fingerprint density at radius 2 is 2.12 bits per heavy atom. The number of carbonyl (C=O) groups is 1. The molecule has 5 N–H and O–H groups in total. The third-order valence-electron chi connectivity index (χ3n) is 6.07. The molecule has 8 nitrogen and oxygen atoms in total. The van der Waals surface area contributed by atoms with Gasteiger partial charge in [0.15, 0.2) is 5.82 Å². The topological polar surface area (TPSA) is 115 Å². The number of rotatable bonds is 5. The molecule has 1 aliphatic rings. The molecule has 3 aromatic rings. The number of nitrogens with two attached hydrogens (primary N) is 2. The van der Waals surface area contributed by atoms with E-state index in [9.17, 15) is 4.79 Å². The van der Waals surface area contributed by atoms with Crippen LogP contribution in [0.4, 0.5) is 21.6 Å². The van der Waals surface area contributed by atoms with Crippen LogP contribution in [0.25, 0.3) is 11.1 Å². The molecular weight excluding hydrogens is 441 g/mol. The van der Waals surface area contributed by atoms with Gasteiger partial charge in [-0.15, -0.1) is 11.3 Å².